The monoisotopic (exact) mass is 239 g/mol. The minimum Gasteiger partial charge on any atom is -0.311 e. The first-order valence-corrected chi connectivity index (χ1v) is 7.45. The summed E-state index contributed by atoms with van der Waals surface area (Å²) in [5.41, 5.74) is 0. The van der Waals surface area contributed by atoms with E-state index in [1.165, 1.54) is 64.8 Å². The van der Waals surface area contributed by atoms with Crippen LogP contribution < -0.4 is 5.32 Å². The van der Waals surface area contributed by atoms with Gasteiger partial charge >= 0.3 is 0 Å². The maximum Gasteiger partial charge on any atom is 0.00940 e. The highest BCUT2D eigenvalue weighted by Crippen LogP contribution is 2.15. The lowest BCUT2D eigenvalue weighted by molar-refractivity contribution is 0.195. The molecule has 3 nitrogen and oxygen atoms in total. The first-order valence-electron chi connectivity index (χ1n) is 7.45. The fourth-order valence-corrected chi connectivity index (χ4v) is 3.16. The minimum absolute atomic E-state index is 0.776. The van der Waals surface area contributed by atoms with Gasteiger partial charge in [0.15, 0.2) is 0 Å². The normalized spacial score (nSPS) is 30.4. The van der Waals surface area contributed by atoms with Crippen molar-refractivity contribution >= 4 is 0 Å². The molecule has 2 rings (SSSR count). The molecular weight excluding hydrogens is 210 g/mol. The zero-order valence-electron chi connectivity index (χ0n) is 11.6. The number of rotatable bonds is 3. The molecule has 0 spiro atoms. The van der Waals surface area contributed by atoms with E-state index >= 15 is 0 Å². The Morgan fingerprint density at radius 2 is 1.59 bits per heavy atom. The fourth-order valence-electron chi connectivity index (χ4n) is 3.16. The van der Waals surface area contributed by atoms with Crippen LogP contribution >= 0.6 is 0 Å². The summed E-state index contributed by atoms with van der Waals surface area (Å²) in [5, 5.41) is 3.91. The Labute approximate surface area is 107 Å². The van der Waals surface area contributed by atoms with Gasteiger partial charge < -0.3 is 15.1 Å². The Kier molecular flexibility index (Phi) is 5.26. The van der Waals surface area contributed by atoms with E-state index in [-0.39, 0.29) is 0 Å². The van der Waals surface area contributed by atoms with Gasteiger partial charge in [-0.3, -0.25) is 0 Å². The molecule has 2 heterocycles. The molecule has 1 unspecified atom stereocenters. The topological polar surface area (TPSA) is 18.5 Å². The lowest BCUT2D eigenvalue weighted by Crippen LogP contribution is -2.46. The molecule has 0 aromatic rings. The molecule has 1 atom stereocenters. The molecule has 2 aliphatic heterocycles. The van der Waals surface area contributed by atoms with E-state index in [4.69, 9.17) is 0 Å². The van der Waals surface area contributed by atoms with Gasteiger partial charge in [0.05, 0.1) is 0 Å². The first kappa shape index (κ1) is 13.3. The van der Waals surface area contributed by atoms with E-state index in [0.717, 1.165) is 12.1 Å². The van der Waals surface area contributed by atoms with Crippen molar-refractivity contribution in [2.45, 2.75) is 51.1 Å². The van der Waals surface area contributed by atoms with E-state index in [9.17, 15) is 0 Å². The third-order valence-electron chi connectivity index (χ3n) is 4.46. The molecule has 0 bridgehead atoms. The Balaban J connectivity index is 1.70. The molecule has 1 N–H and O–H groups in total. The van der Waals surface area contributed by atoms with Gasteiger partial charge in [0.2, 0.25) is 0 Å². The summed E-state index contributed by atoms with van der Waals surface area (Å²) in [6.07, 6.45) is 6.77. The summed E-state index contributed by atoms with van der Waals surface area (Å²) in [6, 6.07) is 1.56. The zero-order chi connectivity index (χ0) is 12.1. The number of hydrogen-bond acceptors (Lipinski definition) is 3. The molecule has 0 aromatic carbocycles. The first-order chi connectivity index (χ1) is 8.28. The van der Waals surface area contributed by atoms with Crippen molar-refractivity contribution in [2.24, 2.45) is 0 Å². The predicted molar refractivity (Wildman–Crippen MR) is 73.4 cm³/mol. The molecule has 0 aromatic heterocycles. The van der Waals surface area contributed by atoms with Crippen LogP contribution in [0.15, 0.2) is 0 Å². The van der Waals surface area contributed by atoms with Crippen molar-refractivity contribution in [3.05, 3.63) is 0 Å². The lowest BCUT2D eigenvalue weighted by Gasteiger charge is -2.33. The summed E-state index contributed by atoms with van der Waals surface area (Å²) in [6.45, 7) is 8.63. The standard InChI is InChI=1S/C14H29N3/c1-3-17-11-7-14(8-12-17)15-13-5-4-9-16(2)10-6-13/h13-15H,3-12H2,1-2H3. The summed E-state index contributed by atoms with van der Waals surface area (Å²) in [4.78, 5) is 5.04. The van der Waals surface area contributed by atoms with Crippen LogP contribution in [0.5, 0.6) is 0 Å². The minimum atomic E-state index is 0.776. The van der Waals surface area contributed by atoms with Gasteiger partial charge in [0.25, 0.3) is 0 Å². The second kappa shape index (κ2) is 6.72. The van der Waals surface area contributed by atoms with Crippen LogP contribution in [0.2, 0.25) is 0 Å². The van der Waals surface area contributed by atoms with Crippen molar-refractivity contribution in [1.82, 2.24) is 15.1 Å². The van der Waals surface area contributed by atoms with E-state index in [2.05, 4.69) is 29.1 Å². The van der Waals surface area contributed by atoms with E-state index in [1.807, 2.05) is 0 Å². The van der Waals surface area contributed by atoms with Gasteiger partial charge in [-0.15, -0.1) is 0 Å². The second-order valence-electron chi connectivity index (χ2n) is 5.81. The highest BCUT2D eigenvalue weighted by atomic mass is 15.1. The van der Waals surface area contributed by atoms with Crippen molar-refractivity contribution in [3.63, 3.8) is 0 Å². The van der Waals surface area contributed by atoms with Crippen LogP contribution in [-0.2, 0) is 0 Å². The SMILES string of the molecule is CCN1CCC(NC2CCCN(C)CC2)CC1. The highest BCUT2D eigenvalue weighted by molar-refractivity contribution is 4.82. The van der Waals surface area contributed by atoms with Crippen LogP contribution in [0, 0.1) is 0 Å². The fraction of sp³-hybridized carbons (Fsp3) is 1.00. The van der Waals surface area contributed by atoms with Gasteiger partial charge in [0, 0.05) is 12.1 Å². The third-order valence-corrected chi connectivity index (χ3v) is 4.46. The maximum atomic E-state index is 3.91. The van der Waals surface area contributed by atoms with E-state index in [0.29, 0.717) is 0 Å². The molecular formula is C14H29N3. The van der Waals surface area contributed by atoms with Crippen LogP contribution in [0.4, 0.5) is 0 Å². The number of nitrogens with one attached hydrogen (secondary N) is 1. The maximum absolute atomic E-state index is 3.91. The molecule has 0 amide bonds. The molecule has 17 heavy (non-hydrogen) atoms. The average Bonchev–Trinajstić information content (AvgIpc) is 2.56. The highest BCUT2D eigenvalue weighted by Gasteiger charge is 2.22. The van der Waals surface area contributed by atoms with Crippen molar-refractivity contribution in [1.29, 1.82) is 0 Å². The summed E-state index contributed by atoms with van der Waals surface area (Å²) < 4.78 is 0. The van der Waals surface area contributed by atoms with Crippen LogP contribution in [-0.4, -0.2) is 61.7 Å². The molecule has 0 aliphatic carbocycles. The number of hydrogen-bond donors (Lipinski definition) is 1. The Morgan fingerprint density at radius 1 is 0.941 bits per heavy atom. The van der Waals surface area contributed by atoms with Crippen LogP contribution in [0.1, 0.15) is 39.0 Å². The zero-order valence-corrected chi connectivity index (χ0v) is 11.6. The van der Waals surface area contributed by atoms with Crippen molar-refractivity contribution in [3.8, 4) is 0 Å². The largest absolute Gasteiger partial charge is 0.311 e. The van der Waals surface area contributed by atoms with Crippen molar-refractivity contribution in [2.75, 3.05) is 39.8 Å². The second-order valence-corrected chi connectivity index (χ2v) is 5.81. The summed E-state index contributed by atoms with van der Waals surface area (Å²) in [5.74, 6) is 0. The third kappa shape index (κ3) is 4.23. The quantitative estimate of drug-likeness (QED) is 0.806. The van der Waals surface area contributed by atoms with Gasteiger partial charge in [0.1, 0.15) is 0 Å². The molecule has 0 saturated carbocycles. The molecule has 100 valence electrons. The number of likely N-dealkylation sites (tertiary alicyclic amines) is 2. The lowest BCUT2D eigenvalue weighted by atomic mass is 10.0. The Bertz CT molecular complexity index is 212. The number of piperidine rings is 1. The molecule has 0 radical (unpaired) electrons. The summed E-state index contributed by atoms with van der Waals surface area (Å²) in [7, 11) is 2.25. The smallest absolute Gasteiger partial charge is 0.00940 e. The Hall–Kier alpha value is -0.120. The van der Waals surface area contributed by atoms with Gasteiger partial charge in [-0.25, -0.2) is 0 Å². The van der Waals surface area contributed by atoms with E-state index < -0.39 is 0 Å². The molecule has 2 fully saturated rings. The van der Waals surface area contributed by atoms with Gasteiger partial charge in [-0.1, -0.05) is 6.92 Å². The molecule has 2 aliphatic rings. The van der Waals surface area contributed by atoms with Crippen LogP contribution in [0.25, 0.3) is 0 Å². The van der Waals surface area contributed by atoms with Crippen molar-refractivity contribution < 1.29 is 0 Å². The number of nitrogens with zero attached hydrogens (tertiary/aromatic N) is 2. The predicted octanol–water partition coefficient (Wildman–Crippen LogP) is 1.54. The average molecular weight is 239 g/mol. The molecule has 3 heteroatoms. The Morgan fingerprint density at radius 3 is 2.29 bits per heavy atom. The van der Waals surface area contributed by atoms with Crippen LogP contribution in [0.3, 0.4) is 0 Å². The molecule has 2 saturated heterocycles. The van der Waals surface area contributed by atoms with E-state index in [1.54, 1.807) is 0 Å². The van der Waals surface area contributed by atoms with Gasteiger partial charge in [-0.05, 0) is 71.9 Å². The van der Waals surface area contributed by atoms with Gasteiger partial charge in [-0.2, -0.15) is 0 Å². The summed E-state index contributed by atoms with van der Waals surface area (Å²) >= 11 is 0.